The summed E-state index contributed by atoms with van der Waals surface area (Å²) < 4.78 is 0. The molecule has 0 saturated carbocycles. The molecule has 2 fully saturated rings. The van der Waals surface area contributed by atoms with Gasteiger partial charge in [0.05, 0.1) is 17.3 Å². The van der Waals surface area contributed by atoms with Gasteiger partial charge in [0, 0.05) is 63.6 Å². The van der Waals surface area contributed by atoms with Crippen LogP contribution in [0.2, 0.25) is 0 Å². The predicted octanol–water partition coefficient (Wildman–Crippen LogP) is 2.12. The number of aromatic nitrogens is 2. The minimum Gasteiger partial charge on any atom is -0.339 e. The van der Waals surface area contributed by atoms with Crippen molar-refractivity contribution in [3.63, 3.8) is 0 Å². The number of pyridine rings is 2. The second-order valence-corrected chi connectivity index (χ2v) is 8.47. The summed E-state index contributed by atoms with van der Waals surface area (Å²) in [5.41, 5.74) is 1.81. The molecule has 0 bridgehead atoms. The first kappa shape index (κ1) is 18.3. The molecule has 1 amide bonds. The Labute approximate surface area is 161 Å². The Morgan fingerprint density at radius 3 is 2.59 bits per heavy atom. The van der Waals surface area contributed by atoms with Crippen LogP contribution in [0.3, 0.4) is 0 Å². The van der Waals surface area contributed by atoms with Crippen molar-refractivity contribution in [1.29, 1.82) is 0 Å². The number of carbonyl (C=O) groups excluding carboxylic acids is 1. The number of piperidine rings is 1. The SMILES string of the molecule is CN1CCN(CC2(C)CCN(C(=O)c3cnc4cnccc4c3)CC2)CC1. The summed E-state index contributed by atoms with van der Waals surface area (Å²) in [5.74, 6) is 0.0999. The third-order valence-corrected chi connectivity index (χ3v) is 6.19. The first-order valence-corrected chi connectivity index (χ1v) is 9.92. The zero-order valence-electron chi connectivity index (χ0n) is 16.4. The molecule has 4 rings (SSSR count). The van der Waals surface area contributed by atoms with Gasteiger partial charge >= 0.3 is 0 Å². The van der Waals surface area contributed by atoms with E-state index in [4.69, 9.17) is 0 Å². The monoisotopic (exact) mass is 367 g/mol. The fourth-order valence-electron chi connectivity index (χ4n) is 4.22. The molecule has 4 heterocycles. The minimum atomic E-state index is 0.0999. The van der Waals surface area contributed by atoms with Crippen molar-refractivity contribution < 1.29 is 4.79 Å². The van der Waals surface area contributed by atoms with Gasteiger partial charge in [-0.25, -0.2) is 0 Å². The number of fused-ring (bicyclic) bond motifs is 1. The molecule has 0 N–H and O–H groups in total. The predicted molar refractivity (Wildman–Crippen MR) is 107 cm³/mol. The Bertz CT molecular complexity index is 807. The number of amides is 1. The number of nitrogens with zero attached hydrogens (tertiary/aromatic N) is 5. The third-order valence-electron chi connectivity index (χ3n) is 6.19. The normalized spacial score (nSPS) is 21.5. The molecule has 2 saturated heterocycles. The molecule has 2 aromatic heterocycles. The van der Waals surface area contributed by atoms with Gasteiger partial charge in [0.15, 0.2) is 0 Å². The van der Waals surface area contributed by atoms with Crippen LogP contribution >= 0.6 is 0 Å². The van der Waals surface area contributed by atoms with E-state index in [0.29, 0.717) is 11.0 Å². The van der Waals surface area contributed by atoms with Crippen molar-refractivity contribution in [3.8, 4) is 0 Å². The van der Waals surface area contributed by atoms with Crippen molar-refractivity contribution in [1.82, 2.24) is 24.7 Å². The summed E-state index contributed by atoms with van der Waals surface area (Å²) in [6.45, 7) is 9.83. The average Bonchev–Trinajstić information content (AvgIpc) is 2.69. The number of hydrogen-bond donors (Lipinski definition) is 0. The van der Waals surface area contributed by atoms with E-state index in [1.54, 1.807) is 18.6 Å². The van der Waals surface area contributed by atoms with Crippen LogP contribution in [0.1, 0.15) is 30.1 Å². The number of likely N-dealkylation sites (N-methyl/N-ethyl adjacent to an activating group) is 1. The van der Waals surface area contributed by atoms with Gasteiger partial charge in [0.25, 0.3) is 5.91 Å². The molecule has 2 aromatic rings. The van der Waals surface area contributed by atoms with E-state index in [2.05, 4.69) is 33.7 Å². The Balaban J connectivity index is 1.37. The lowest BCUT2D eigenvalue weighted by Crippen LogP contribution is -2.51. The fraction of sp³-hybridized carbons (Fsp3) is 0.571. The summed E-state index contributed by atoms with van der Waals surface area (Å²) in [6, 6.07) is 3.84. The van der Waals surface area contributed by atoms with Crippen molar-refractivity contribution >= 4 is 16.8 Å². The zero-order valence-corrected chi connectivity index (χ0v) is 16.4. The Morgan fingerprint density at radius 2 is 1.85 bits per heavy atom. The standard InChI is InChI=1S/C21H29N5O/c1-21(16-25-11-9-24(2)10-12-25)4-7-26(8-5-21)20(27)18-13-17-3-6-22-15-19(17)23-14-18/h3,6,13-15H,4-5,7-12,16H2,1-2H3. The number of likely N-dealkylation sites (tertiary alicyclic amines) is 1. The van der Waals surface area contributed by atoms with Crippen LogP contribution in [0, 0.1) is 5.41 Å². The van der Waals surface area contributed by atoms with Crippen LogP contribution in [0.5, 0.6) is 0 Å². The van der Waals surface area contributed by atoms with E-state index in [1.165, 1.54) is 0 Å². The van der Waals surface area contributed by atoms with Crippen LogP contribution in [0.4, 0.5) is 0 Å². The van der Waals surface area contributed by atoms with Crippen LogP contribution in [-0.4, -0.2) is 83.4 Å². The number of carbonyl (C=O) groups is 1. The van der Waals surface area contributed by atoms with Gasteiger partial charge < -0.3 is 14.7 Å². The highest BCUT2D eigenvalue weighted by molar-refractivity contribution is 5.97. The molecule has 144 valence electrons. The summed E-state index contributed by atoms with van der Waals surface area (Å²) in [5, 5.41) is 0.966. The molecule has 2 aliphatic rings. The molecule has 27 heavy (non-hydrogen) atoms. The smallest absolute Gasteiger partial charge is 0.255 e. The van der Waals surface area contributed by atoms with E-state index in [0.717, 1.165) is 69.6 Å². The van der Waals surface area contributed by atoms with Gasteiger partial charge in [-0.3, -0.25) is 14.8 Å². The quantitative estimate of drug-likeness (QED) is 0.832. The molecular weight excluding hydrogens is 338 g/mol. The Morgan fingerprint density at radius 1 is 1.11 bits per heavy atom. The van der Waals surface area contributed by atoms with Gasteiger partial charge in [-0.2, -0.15) is 0 Å². The van der Waals surface area contributed by atoms with Crippen molar-refractivity contribution in [2.24, 2.45) is 5.41 Å². The third kappa shape index (κ3) is 4.12. The highest BCUT2D eigenvalue weighted by atomic mass is 16.2. The van der Waals surface area contributed by atoms with E-state index in [-0.39, 0.29) is 5.91 Å². The van der Waals surface area contributed by atoms with Crippen LogP contribution < -0.4 is 0 Å². The topological polar surface area (TPSA) is 52.6 Å². The van der Waals surface area contributed by atoms with E-state index < -0.39 is 0 Å². The van der Waals surface area contributed by atoms with Crippen molar-refractivity contribution in [2.45, 2.75) is 19.8 Å². The largest absolute Gasteiger partial charge is 0.339 e. The van der Waals surface area contributed by atoms with Gasteiger partial charge in [-0.15, -0.1) is 0 Å². The lowest BCUT2D eigenvalue weighted by Gasteiger charge is -2.44. The highest BCUT2D eigenvalue weighted by Crippen LogP contribution is 2.32. The van der Waals surface area contributed by atoms with Crippen LogP contribution in [0.25, 0.3) is 10.9 Å². The maximum Gasteiger partial charge on any atom is 0.255 e. The van der Waals surface area contributed by atoms with Crippen molar-refractivity contribution in [2.75, 3.05) is 52.9 Å². The summed E-state index contributed by atoms with van der Waals surface area (Å²) in [4.78, 5) is 28.4. The van der Waals surface area contributed by atoms with E-state index in [1.807, 2.05) is 17.0 Å². The van der Waals surface area contributed by atoms with E-state index >= 15 is 0 Å². The lowest BCUT2D eigenvalue weighted by atomic mass is 9.79. The van der Waals surface area contributed by atoms with Gasteiger partial charge in [-0.05, 0) is 37.4 Å². The Hall–Kier alpha value is -2.05. The summed E-state index contributed by atoms with van der Waals surface area (Å²) >= 11 is 0. The molecule has 0 radical (unpaired) electrons. The Kier molecular flexibility index (Phi) is 5.10. The van der Waals surface area contributed by atoms with Crippen LogP contribution in [0.15, 0.2) is 30.7 Å². The number of rotatable bonds is 3. The lowest BCUT2D eigenvalue weighted by molar-refractivity contribution is 0.0432. The average molecular weight is 367 g/mol. The van der Waals surface area contributed by atoms with Gasteiger partial charge in [0.1, 0.15) is 0 Å². The first-order chi connectivity index (χ1) is 13.0. The van der Waals surface area contributed by atoms with E-state index in [9.17, 15) is 4.79 Å². The highest BCUT2D eigenvalue weighted by Gasteiger charge is 2.34. The van der Waals surface area contributed by atoms with Gasteiger partial charge in [0.2, 0.25) is 0 Å². The molecule has 6 nitrogen and oxygen atoms in total. The summed E-state index contributed by atoms with van der Waals surface area (Å²) in [6.07, 6.45) is 7.29. The molecule has 6 heteroatoms. The van der Waals surface area contributed by atoms with Crippen LogP contribution in [-0.2, 0) is 0 Å². The molecule has 0 aliphatic carbocycles. The second-order valence-electron chi connectivity index (χ2n) is 8.47. The number of hydrogen-bond acceptors (Lipinski definition) is 5. The fourth-order valence-corrected chi connectivity index (χ4v) is 4.22. The maximum atomic E-state index is 12.9. The number of piperazine rings is 1. The summed E-state index contributed by atoms with van der Waals surface area (Å²) in [7, 11) is 2.20. The van der Waals surface area contributed by atoms with Gasteiger partial charge in [-0.1, -0.05) is 6.92 Å². The molecular formula is C21H29N5O. The maximum absolute atomic E-state index is 12.9. The first-order valence-electron chi connectivity index (χ1n) is 9.92. The minimum absolute atomic E-state index is 0.0999. The zero-order chi connectivity index (χ0) is 18.9. The molecule has 2 aliphatic heterocycles. The molecule has 0 atom stereocenters. The second kappa shape index (κ2) is 7.52. The molecule has 0 spiro atoms. The van der Waals surface area contributed by atoms with Crippen molar-refractivity contribution in [3.05, 3.63) is 36.3 Å². The molecule has 0 aromatic carbocycles. The molecule has 0 unspecified atom stereocenters.